The molecule has 0 aromatic carbocycles. The number of nitrogens with two attached hydrogens (primary N) is 1. The lowest BCUT2D eigenvalue weighted by Crippen LogP contribution is -2.39. The molecule has 0 atom stereocenters. The van der Waals surface area contributed by atoms with E-state index in [-0.39, 0.29) is 17.6 Å². The van der Waals surface area contributed by atoms with Crippen molar-refractivity contribution < 1.29 is 9.59 Å². The minimum Gasteiger partial charge on any atom is -0.370 e. The van der Waals surface area contributed by atoms with Gasteiger partial charge in [-0.2, -0.15) is 5.10 Å². The number of hydrogen-bond acceptors (Lipinski definition) is 4. The molecule has 0 bridgehead atoms. The third kappa shape index (κ3) is 2.80. The molecule has 92 valence electrons. The van der Waals surface area contributed by atoms with E-state index in [1.807, 2.05) is 0 Å². The molecule has 2 rings (SSSR count). The SMILES string of the molecule is NC(=O)CC1CCN(C(=O)c2ncn[nH]2)CC1. The standard InChI is InChI=1S/C10H15N5O2/c11-8(16)5-7-1-3-15(4-2-7)10(17)9-12-6-13-14-9/h6-7H,1-5H2,(H2,11,16)(H,12,13,14). The Morgan fingerprint density at radius 2 is 2.18 bits per heavy atom. The molecule has 3 N–H and O–H groups in total. The lowest BCUT2D eigenvalue weighted by Gasteiger charge is -2.30. The van der Waals surface area contributed by atoms with Gasteiger partial charge in [0.05, 0.1) is 0 Å². The molecule has 1 aromatic heterocycles. The van der Waals surface area contributed by atoms with Crippen LogP contribution < -0.4 is 5.73 Å². The van der Waals surface area contributed by atoms with Crippen molar-refractivity contribution >= 4 is 11.8 Å². The number of rotatable bonds is 3. The maximum Gasteiger partial charge on any atom is 0.291 e. The van der Waals surface area contributed by atoms with E-state index >= 15 is 0 Å². The minimum atomic E-state index is -0.273. The van der Waals surface area contributed by atoms with Crippen LogP contribution in [0.25, 0.3) is 0 Å². The number of hydrogen-bond donors (Lipinski definition) is 2. The Balaban J connectivity index is 1.87. The second-order valence-corrected chi connectivity index (χ2v) is 4.24. The van der Waals surface area contributed by atoms with E-state index < -0.39 is 0 Å². The topological polar surface area (TPSA) is 105 Å². The van der Waals surface area contributed by atoms with Crippen molar-refractivity contribution in [2.45, 2.75) is 19.3 Å². The molecule has 0 aliphatic carbocycles. The summed E-state index contributed by atoms with van der Waals surface area (Å²) in [5.41, 5.74) is 5.15. The number of carbonyl (C=O) groups is 2. The summed E-state index contributed by atoms with van der Waals surface area (Å²) in [4.78, 5) is 28.2. The fourth-order valence-corrected chi connectivity index (χ4v) is 2.08. The number of nitrogens with zero attached hydrogens (tertiary/aromatic N) is 3. The summed E-state index contributed by atoms with van der Waals surface area (Å²) in [7, 11) is 0. The molecule has 2 heterocycles. The van der Waals surface area contributed by atoms with E-state index in [1.54, 1.807) is 4.90 Å². The Bertz CT molecular complexity index is 395. The van der Waals surface area contributed by atoms with Crippen molar-refractivity contribution in [3.8, 4) is 0 Å². The molecule has 7 heteroatoms. The monoisotopic (exact) mass is 237 g/mol. The maximum atomic E-state index is 11.9. The summed E-state index contributed by atoms with van der Waals surface area (Å²) in [6, 6.07) is 0. The molecule has 1 saturated heterocycles. The Morgan fingerprint density at radius 3 is 2.71 bits per heavy atom. The molecule has 2 amide bonds. The quantitative estimate of drug-likeness (QED) is 0.741. The van der Waals surface area contributed by atoms with Gasteiger partial charge in [0, 0.05) is 19.5 Å². The zero-order valence-corrected chi connectivity index (χ0v) is 9.43. The number of piperidine rings is 1. The molecular weight excluding hydrogens is 222 g/mol. The van der Waals surface area contributed by atoms with E-state index in [2.05, 4.69) is 15.2 Å². The molecule has 0 unspecified atom stereocenters. The van der Waals surface area contributed by atoms with Crippen LogP contribution in [0.2, 0.25) is 0 Å². The lowest BCUT2D eigenvalue weighted by atomic mass is 9.93. The molecular formula is C10H15N5O2. The van der Waals surface area contributed by atoms with Gasteiger partial charge in [-0.3, -0.25) is 14.7 Å². The lowest BCUT2D eigenvalue weighted by molar-refractivity contribution is -0.119. The van der Waals surface area contributed by atoms with Gasteiger partial charge in [-0.25, -0.2) is 4.98 Å². The van der Waals surface area contributed by atoms with Crippen LogP contribution in [-0.4, -0.2) is 45.0 Å². The predicted octanol–water partition coefficient (Wildman–Crippen LogP) is -0.468. The van der Waals surface area contributed by atoms with Crippen molar-refractivity contribution in [3.63, 3.8) is 0 Å². The van der Waals surface area contributed by atoms with Crippen molar-refractivity contribution in [2.24, 2.45) is 11.7 Å². The normalized spacial score (nSPS) is 17.1. The molecule has 0 radical (unpaired) electrons. The van der Waals surface area contributed by atoms with Crippen LogP contribution in [0.5, 0.6) is 0 Å². The van der Waals surface area contributed by atoms with E-state index in [0.717, 1.165) is 12.8 Å². The Kier molecular flexibility index (Phi) is 3.36. The van der Waals surface area contributed by atoms with Crippen LogP contribution in [0.15, 0.2) is 6.33 Å². The first-order valence-corrected chi connectivity index (χ1v) is 5.59. The van der Waals surface area contributed by atoms with Crippen molar-refractivity contribution in [1.29, 1.82) is 0 Å². The van der Waals surface area contributed by atoms with E-state index in [1.165, 1.54) is 6.33 Å². The minimum absolute atomic E-state index is 0.139. The number of carbonyl (C=O) groups excluding carboxylic acids is 2. The fourth-order valence-electron chi connectivity index (χ4n) is 2.08. The molecule has 0 spiro atoms. The maximum absolute atomic E-state index is 11.9. The fraction of sp³-hybridized carbons (Fsp3) is 0.600. The number of primary amides is 1. The number of H-pyrrole nitrogens is 1. The highest BCUT2D eigenvalue weighted by molar-refractivity contribution is 5.90. The summed E-state index contributed by atoms with van der Waals surface area (Å²) in [5.74, 6) is 0.148. The van der Waals surface area contributed by atoms with Crippen LogP contribution >= 0.6 is 0 Å². The number of amides is 2. The second kappa shape index (κ2) is 4.94. The van der Waals surface area contributed by atoms with Gasteiger partial charge >= 0.3 is 0 Å². The van der Waals surface area contributed by atoms with E-state index in [0.29, 0.717) is 25.4 Å². The van der Waals surface area contributed by atoms with Gasteiger partial charge in [-0.15, -0.1) is 0 Å². The summed E-state index contributed by atoms with van der Waals surface area (Å²) in [5, 5.41) is 6.20. The van der Waals surface area contributed by atoms with Gasteiger partial charge in [0.25, 0.3) is 5.91 Å². The van der Waals surface area contributed by atoms with E-state index in [9.17, 15) is 9.59 Å². The van der Waals surface area contributed by atoms with Crippen LogP contribution in [0.1, 0.15) is 29.9 Å². The van der Waals surface area contributed by atoms with Gasteiger partial charge in [-0.05, 0) is 18.8 Å². The third-order valence-electron chi connectivity index (χ3n) is 3.01. The molecule has 1 aromatic rings. The number of likely N-dealkylation sites (tertiary alicyclic amines) is 1. The number of aromatic nitrogens is 3. The van der Waals surface area contributed by atoms with Gasteiger partial charge in [0.15, 0.2) is 0 Å². The van der Waals surface area contributed by atoms with Gasteiger partial charge in [-0.1, -0.05) is 0 Å². The van der Waals surface area contributed by atoms with Gasteiger partial charge < -0.3 is 10.6 Å². The second-order valence-electron chi connectivity index (χ2n) is 4.24. The molecule has 1 fully saturated rings. The van der Waals surface area contributed by atoms with Crippen LogP contribution in [0.4, 0.5) is 0 Å². The van der Waals surface area contributed by atoms with Crippen molar-refractivity contribution in [2.75, 3.05) is 13.1 Å². The van der Waals surface area contributed by atoms with Crippen molar-refractivity contribution in [1.82, 2.24) is 20.1 Å². The zero-order valence-electron chi connectivity index (χ0n) is 9.43. The Labute approximate surface area is 98.4 Å². The first-order chi connectivity index (χ1) is 8.16. The molecule has 7 nitrogen and oxygen atoms in total. The highest BCUT2D eigenvalue weighted by Gasteiger charge is 2.25. The number of nitrogens with one attached hydrogen (secondary N) is 1. The van der Waals surface area contributed by atoms with Crippen LogP contribution in [-0.2, 0) is 4.79 Å². The van der Waals surface area contributed by atoms with Gasteiger partial charge in [0.2, 0.25) is 11.7 Å². The highest BCUT2D eigenvalue weighted by Crippen LogP contribution is 2.20. The van der Waals surface area contributed by atoms with Crippen LogP contribution in [0.3, 0.4) is 0 Å². The summed E-state index contributed by atoms with van der Waals surface area (Å²) >= 11 is 0. The average Bonchev–Trinajstić information content (AvgIpc) is 2.82. The Morgan fingerprint density at radius 1 is 1.47 bits per heavy atom. The molecule has 17 heavy (non-hydrogen) atoms. The summed E-state index contributed by atoms with van der Waals surface area (Å²) in [6.07, 6.45) is 3.34. The van der Waals surface area contributed by atoms with Crippen LogP contribution in [0, 0.1) is 5.92 Å². The van der Waals surface area contributed by atoms with E-state index in [4.69, 9.17) is 5.73 Å². The number of aromatic amines is 1. The first kappa shape index (κ1) is 11.6. The highest BCUT2D eigenvalue weighted by atomic mass is 16.2. The molecule has 1 aliphatic rings. The summed E-state index contributed by atoms with van der Waals surface area (Å²) < 4.78 is 0. The zero-order chi connectivity index (χ0) is 12.3. The largest absolute Gasteiger partial charge is 0.370 e. The van der Waals surface area contributed by atoms with Gasteiger partial charge in [0.1, 0.15) is 6.33 Å². The average molecular weight is 237 g/mol. The predicted molar refractivity (Wildman–Crippen MR) is 58.8 cm³/mol. The van der Waals surface area contributed by atoms with Crippen molar-refractivity contribution in [3.05, 3.63) is 12.2 Å². The molecule has 0 saturated carbocycles. The summed E-state index contributed by atoms with van der Waals surface area (Å²) in [6.45, 7) is 1.27. The smallest absolute Gasteiger partial charge is 0.291 e. The first-order valence-electron chi connectivity index (χ1n) is 5.59. The Hall–Kier alpha value is -1.92. The molecule has 1 aliphatic heterocycles. The third-order valence-corrected chi connectivity index (χ3v) is 3.01.